The topological polar surface area (TPSA) is 84.4 Å². The molecule has 7 nitrogen and oxygen atoms in total. The number of aromatic nitrogens is 2. The van der Waals surface area contributed by atoms with Crippen molar-refractivity contribution in [3.05, 3.63) is 18.5 Å². The van der Waals surface area contributed by atoms with Gasteiger partial charge in [0, 0.05) is 18.9 Å². The number of anilines is 1. The highest BCUT2D eigenvalue weighted by atomic mass is 16.5. The molecule has 7 heteroatoms. The van der Waals surface area contributed by atoms with Gasteiger partial charge in [-0.1, -0.05) is 0 Å². The minimum Gasteiger partial charge on any atom is -0.466 e. The van der Waals surface area contributed by atoms with Gasteiger partial charge in [0.05, 0.1) is 19.1 Å². The third kappa shape index (κ3) is 4.78. The molecule has 0 radical (unpaired) electrons. The summed E-state index contributed by atoms with van der Waals surface area (Å²) in [6, 6.07) is 1.68. The molecule has 1 fully saturated rings. The molecule has 2 heterocycles. The average Bonchev–Trinajstić information content (AvgIpc) is 2.48. The summed E-state index contributed by atoms with van der Waals surface area (Å²) in [5.41, 5.74) is 0. The van der Waals surface area contributed by atoms with Crippen LogP contribution in [-0.2, 0) is 14.3 Å². The SMILES string of the molecule is CCOC(=O)[C@H]1CCCN(CC(=O)Nc2ncccn2)C1. The summed E-state index contributed by atoms with van der Waals surface area (Å²) in [4.78, 5) is 33.5. The van der Waals surface area contributed by atoms with Gasteiger partial charge in [0.15, 0.2) is 0 Å². The van der Waals surface area contributed by atoms with E-state index >= 15 is 0 Å². The van der Waals surface area contributed by atoms with Gasteiger partial charge < -0.3 is 4.74 Å². The van der Waals surface area contributed by atoms with Gasteiger partial charge in [0.1, 0.15) is 0 Å². The molecule has 0 aliphatic carbocycles. The van der Waals surface area contributed by atoms with Gasteiger partial charge in [-0.25, -0.2) is 9.97 Å². The number of hydrogen-bond donors (Lipinski definition) is 1. The maximum absolute atomic E-state index is 11.9. The van der Waals surface area contributed by atoms with E-state index in [1.807, 2.05) is 4.90 Å². The van der Waals surface area contributed by atoms with E-state index < -0.39 is 0 Å². The molecule has 2 rings (SSSR count). The highest BCUT2D eigenvalue weighted by Crippen LogP contribution is 2.17. The monoisotopic (exact) mass is 292 g/mol. The summed E-state index contributed by atoms with van der Waals surface area (Å²) in [5.74, 6) is -0.194. The summed E-state index contributed by atoms with van der Waals surface area (Å²) >= 11 is 0. The number of carbonyl (C=O) groups is 2. The Morgan fingerprint density at radius 1 is 1.43 bits per heavy atom. The van der Waals surface area contributed by atoms with E-state index in [2.05, 4.69) is 15.3 Å². The molecular formula is C14H20N4O3. The van der Waals surface area contributed by atoms with Crippen molar-refractivity contribution in [3.8, 4) is 0 Å². The van der Waals surface area contributed by atoms with Crippen LogP contribution in [0.5, 0.6) is 0 Å². The van der Waals surface area contributed by atoms with Crippen LogP contribution in [0.25, 0.3) is 0 Å². The second-order valence-corrected chi connectivity index (χ2v) is 4.95. The number of ether oxygens (including phenoxy) is 1. The molecule has 1 aromatic heterocycles. The Hall–Kier alpha value is -2.02. The summed E-state index contributed by atoms with van der Waals surface area (Å²) < 4.78 is 5.04. The zero-order chi connectivity index (χ0) is 15.1. The molecule has 0 bridgehead atoms. The van der Waals surface area contributed by atoms with Crippen molar-refractivity contribution in [3.63, 3.8) is 0 Å². The van der Waals surface area contributed by atoms with Gasteiger partial charge in [-0.3, -0.25) is 19.8 Å². The molecule has 21 heavy (non-hydrogen) atoms. The molecule has 0 saturated carbocycles. The fourth-order valence-electron chi connectivity index (χ4n) is 2.38. The molecule has 0 unspecified atom stereocenters. The predicted molar refractivity (Wildman–Crippen MR) is 76.5 cm³/mol. The van der Waals surface area contributed by atoms with E-state index in [1.165, 1.54) is 0 Å². The molecule has 1 N–H and O–H groups in total. The van der Waals surface area contributed by atoms with Crippen molar-refractivity contribution in [2.45, 2.75) is 19.8 Å². The van der Waals surface area contributed by atoms with Crippen molar-refractivity contribution in [1.82, 2.24) is 14.9 Å². The summed E-state index contributed by atoms with van der Waals surface area (Å²) in [6.45, 7) is 3.78. The molecule has 1 saturated heterocycles. The van der Waals surface area contributed by atoms with Gasteiger partial charge in [0.2, 0.25) is 11.9 Å². The van der Waals surface area contributed by atoms with E-state index in [-0.39, 0.29) is 24.3 Å². The maximum Gasteiger partial charge on any atom is 0.310 e. The first-order chi connectivity index (χ1) is 10.2. The number of piperidine rings is 1. The van der Waals surface area contributed by atoms with E-state index in [0.717, 1.165) is 19.4 Å². The van der Waals surface area contributed by atoms with Crippen molar-refractivity contribution in [2.75, 3.05) is 31.6 Å². The van der Waals surface area contributed by atoms with E-state index in [9.17, 15) is 9.59 Å². The molecular weight excluding hydrogens is 272 g/mol. The Balaban J connectivity index is 1.82. The zero-order valence-electron chi connectivity index (χ0n) is 12.1. The lowest BCUT2D eigenvalue weighted by atomic mass is 9.98. The number of hydrogen-bond acceptors (Lipinski definition) is 6. The minimum atomic E-state index is -0.175. The number of amides is 1. The fourth-order valence-corrected chi connectivity index (χ4v) is 2.38. The zero-order valence-corrected chi connectivity index (χ0v) is 12.1. The fraction of sp³-hybridized carbons (Fsp3) is 0.571. The van der Waals surface area contributed by atoms with E-state index in [0.29, 0.717) is 19.1 Å². The molecule has 0 spiro atoms. The van der Waals surface area contributed by atoms with Crippen LogP contribution in [-0.4, -0.2) is 53.0 Å². The second-order valence-electron chi connectivity index (χ2n) is 4.95. The maximum atomic E-state index is 11.9. The molecule has 1 atom stereocenters. The van der Waals surface area contributed by atoms with Gasteiger partial charge in [-0.2, -0.15) is 0 Å². The number of likely N-dealkylation sites (tertiary alicyclic amines) is 1. The molecule has 1 aliphatic rings. The second kappa shape index (κ2) is 7.68. The normalized spacial score (nSPS) is 19.0. The van der Waals surface area contributed by atoms with E-state index in [4.69, 9.17) is 4.74 Å². The van der Waals surface area contributed by atoms with Gasteiger partial charge >= 0.3 is 5.97 Å². The number of esters is 1. The smallest absolute Gasteiger partial charge is 0.310 e. The van der Waals surface area contributed by atoms with Crippen molar-refractivity contribution >= 4 is 17.8 Å². The lowest BCUT2D eigenvalue weighted by molar-refractivity contribution is -0.150. The largest absolute Gasteiger partial charge is 0.466 e. The Morgan fingerprint density at radius 3 is 2.90 bits per heavy atom. The van der Waals surface area contributed by atoms with Crippen LogP contribution >= 0.6 is 0 Å². The third-order valence-corrected chi connectivity index (χ3v) is 3.31. The quantitative estimate of drug-likeness (QED) is 0.804. The molecule has 1 amide bonds. The summed E-state index contributed by atoms with van der Waals surface area (Å²) in [7, 11) is 0. The molecule has 114 valence electrons. The van der Waals surface area contributed by atoms with Gasteiger partial charge in [-0.05, 0) is 32.4 Å². The Labute approximate surface area is 123 Å². The van der Waals surface area contributed by atoms with Crippen LogP contribution in [0.3, 0.4) is 0 Å². The first kappa shape index (κ1) is 15.4. The number of nitrogens with zero attached hydrogens (tertiary/aromatic N) is 3. The molecule has 1 aliphatic heterocycles. The van der Waals surface area contributed by atoms with Crippen LogP contribution in [0.4, 0.5) is 5.95 Å². The standard InChI is InChI=1S/C14H20N4O3/c1-2-21-13(20)11-5-3-8-18(9-11)10-12(19)17-14-15-6-4-7-16-14/h4,6-7,11H,2-3,5,8-10H2,1H3,(H,15,16,17,19)/t11-/m0/s1. The molecule has 0 aromatic carbocycles. The lowest BCUT2D eigenvalue weighted by Crippen LogP contribution is -2.43. The third-order valence-electron chi connectivity index (χ3n) is 3.31. The summed E-state index contributed by atoms with van der Waals surface area (Å²) in [6.07, 6.45) is 4.85. The lowest BCUT2D eigenvalue weighted by Gasteiger charge is -2.30. The van der Waals surface area contributed by atoms with Crippen LogP contribution in [0.15, 0.2) is 18.5 Å². The number of carbonyl (C=O) groups excluding carboxylic acids is 2. The van der Waals surface area contributed by atoms with Gasteiger partial charge in [-0.15, -0.1) is 0 Å². The first-order valence-electron chi connectivity index (χ1n) is 7.15. The highest BCUT2D eigenvalue weighted by molar-refractivity contribution is 5.90. The van der Waals surface area contributed by atoms with Crippen molar-refractivity contribution < 1.29 is 14.3 Å². The predicted octanol–water partition coefficient (Wildman–Crippen LogP) is 0.690. The summed E-state index contributed by atoms with van der Waals surface area (Å²) in [5, 5.41) is 2.64. The highest BCUT2D eigenvalue weighted by Gasteiger charge is 2.27. The number of nitrogens with one attached hydrogen (secondary N) is 1. The van der Waals surface area contributed by atoms with Crippen LogP contribution < -0.4 is 5.32 Å². The van der Waals surface area contributed by atoms with Gasteiger partial charge in [0.25, 0.3) is 0 Å². The Kier molecular flexibility index (Phi) is 5.62. The van der Waals surface area contributed by atoms with Crippen molar-refractivity contribution in [2.24, 2.45) is 5.92 Å². The average molecular weight is 292 g/mol. The van der Waals surface area contributed by atoms with Crippen molar-refractivity contribution in [1.29, 1.82) is 0 Å². The molecule has 1 aromatic rings. The van der Waals surface area contributed by atoms with Crippen LogP contribution in [0, 0.1) is 5.92 Å². The Morgan fingerprint density at radius 2 is 2.19 bits per heavy atom. The number of rotatable bonds is 5. The minimum absolute atomic E-state index is 0.139. The van der Waals surface area contributed by atoms with Crippen LogP contribution in [0.2, 0.25) is 0 Å². The Bertz CT molecular complexity index is 480. The van der Waals surface area contributed by atoms with E-state index in [1.54, 1.807) is 25.4 Å². The van der Waals surface area contributed by atoms with Crippen LogP contribution in [0.1, 0.15) is 19.8 Å². The first-order valence-corrected chi connectivity index (χ1v) is 7.15.